The zero-order valence-corrected chi connectivity index (χ0v) is 6.60. The molecule has 3 atom stereocenters. The molecule has 0 aliphatic heterocycles. The lowest BCUT2D eigenvalue weighted by Crippen LogP contribution is -2.15. The summed E-state index contributed by atoms with van der Waals surface area (Å²) in [4.78, 5) is 0. The maximum absolute atomic E-state index is 13.4. The van der Waals surface area contributed by atoms with Crippen LogP contribution in [0.5, 0.6) is 0 Å². The van der Waals surface area contributed by atoms with Crippen LogP contribution < -0.4 is 0 Å². The molecule has 0 aromatic carbocycles. The standard InChI is InChI=1S/C10H11F/c1-2-5-3-6-4-7-8(6)9(7)10(5)11/h4-6,8H,2-3H2,1H3/t5?,6-,8+/m1/s1. The molecule has 1 heteroatoms. The van der Waals surface area contributed by atoms with Gasteiger partial charge in [0.25, 0.3) is 0 Å². The molecule has 0 bridgehead atoms. The van der Waals surface area contributed by atoms with Crippen molar-refractivity contribution in [2.45, 2.75) is 19.8 Å². The lowest BCUT2D eigenvalue weighted by molar-refractivity contribution is 0.341. The van der Waals surface area contributed by atoms with Gasteiger partial charge in [0.2, 0.25) is 0 Å². The topological polar surface area (TPSA) is 0 Å². The molecule has 1 saturated carbocycles. The van der Waals surface area contributed by atoms with E-state index < -0.39 is 0 Å². The average Bonchev–Trinajstić information content (AvgIpc) is 2.59. The number of hydrogen-bond donors (Lipinski definition) is 0. The van der Waals surface area contributed by atoms with Gasteiger partial charge in [0.15, 0.2) is 0 Å². The highest BCUT2D eigenvalue weighted by molar-refractivity contribution is 5.66. The molecule has 58 valence electrons. The Hall–Kier alpha value is -0.590. The molecule has 3 aliphatic carbocycles. The van der Waals surface area contributed by atoms with Crippen molar-refractivity contribution in [1.82, 2.24) is 0 Å². The summed E-state index contributed by atoms with van der Waals surface area (Å²) in [5, 5.41) is 0. The van der Waals surface area contributed by atoms with Crippen molar-refractivity contribution in [3.63, 3.8) is 0 Å². The number of allylic oxidation sites excluding steroid dienone is 4. The van der Waals surface area contributed by atoms with Gasteiger partial charge in [-0.3, -0.25) is 0 Å². The van der Waals surface area contributed by atoms with Crippen LogP contribution in [0.3, 0.4) is 0 Å². The van der Waals surface area contributed by atoms with Crippen molar-refractivity contribution in [2.75, 3.05) is 0 Å². The monoisotopic (exact) mass is 150 g/mol. The first-order valence-corrected chi connectivity index (χ1v) is 4.44. The van der Waals surface area contributed by atoms with Gasteiger partial charge in [-0.25, -0.2) is 4.39 Å². The fraction of sp³-hybridized carbons (Fsp3) is 0.600. The molecule has 0 heterocycles. The van der Waals surface area contributed by atoms with Crippen molar-refractivity contribution >= 4 is 0 Å². The highest BCUT2D eigenvalue weighted by atomic mass is 19.1. The largest absolute Gasteiger partial charge is 0.211 e. The van der Waals surface area contributed by atoms with Crippen LogP contribution in [-0.2, 0) is 0 Å². The molecule has 0 nitrogen and oxygen atoms in total. The molecular weight excluding hydrogens is 139 g/mol. The lowest BCUT2D eigenvalue weighted by Gasteiger charge is -2.23. The molecule has 0 radical (unpaired) electrons. The van der Waals surface area contributed by atoms with Crippen molar-refractivity contribution < 1.29 is 4.39 Å². The van der Waals surface area contributed by atoms with Crippen LogP contribution in [0.4, 0.5) is 4.39 Å². The fourth-order valence-corrected chi connectivity index (χ4v) is 2.59. The Labute approximate surface area is 65.8 Å². The molecule has 0 spiro atoms. The molecule has 1 fully saturated rings. The Balaban J connectivity index is 2.04. The summed E-state index contributed by atoms with van der Waals surface area (Å²) in [5.41, 5.74) is 2.43. The molecule has 0 amide bonds. The fourth-order valence-electron chi connectivity index (χ4n) is 2.59. The average molecular weight is 150 g/mol. The summed E-state index contributed by atoms with van der Waals surface area (Å²) in [5.74, 6) is 1.79. The van der Waals surface area contributed by atoms with E-state index in [1.54, 1.807) is 0 Å². The Kier molecular flexibility index (Phi) is 0.869. The second-order valence-corrected chi connectivity index (χ2v) is 3.87. The summed E-state index contributed by atoms with van der Waals surface area (Å²) in [6.07, 6.45) is 4.30. The summed E-state index contributed by atoms with van der Waals surface area (Å²) in [7, 11) is 0. The van der Waals surface area contributed by atoms with E-state index in [1.165, 1.54) is 5.57 Å². The normalized spacial score (nSPS) is 44.5. The van der Waals surface area contributed by atoms with Gasteiger partial charge in [-0.15, -0.1) is 0 Å². The number of rotatable bonds is 1. The molecule has 0 saturated heterocycles. The van der Waals surface area contributed by atoms with E-state index >= 15 is 0 Å². The third kappa shape index (κ3) is 0.524. The predicted octanol–water partition coefficient (Wildman–Crippen LogP) is 2.83. The first kappa shape index (κ1) is 5.99. The highest BCUT2D eigenvalue weighted by Crippen LogP contribution is 2.66. The summed E-state index contributed by atoms with van der Waals surface area (Å²) in [6.45, 7) is 2.08. The van der Waals surface area contributed by atoms with Crippen LogP contribution >= 0.6 is 0 Å². The van der Waals surface area contributed by atoms with Crippen LogP contribution in [0.2, 0.25) is 0 Å². The van der Waals surface area contributed by atoms with E-state index in [2.05, 4.69) is 13.0 Å². The number of halogens is 1. The molecule has 11 heavy (non-hydrogen) atoms. The Morgan fingerprint density at radius 2 is 2.45 bits per heavy atom. The predicted molar refractivity (Wildman–Crippen MR) is 41.6 cm³/mol. The zero-order chi connectivity index (χ0) is 7.59. The molecule has 0 aromatic heterocycles. The number of hydrogen-bond acceptors (Lipinski definition) is 0. The van der Waals surface area contributed by atoms with Gasteiger partial charge in [-0.2, -0.15) is 0 Å². The first-order valence-electron chi connectivity index (χ1n) is 4.44. The van der Waals surface area contributed by atoms with Gasteiger partial charge in [0.05, 0.1) is 0 Å². The molecule has 0 N–H and O–H groups in total. The van der Waals surface area contributed by atoms with E-state index in [0.717, 1.165) is 24.3 Å². The number of fused-ring (bicyclic) bond motifs is 1. The minimum atomic E-state index is 0.220. The maximum atomic E-state index is 13.4. The zero-order valence-electron chi connectivity index (χ0n) is 6.60. The first-order chi connectivity index (χ1) is 5.33. The molecule has 3 aliphatic rings. The Morgan fingerprint density at radius 1 is 1.64 bits per heavy atom. The molecule has 1 unspecified atom stereocenters. The van der Waals surface area contributed by atoms with E-state index in [1.807, 2.05) is 0 Å². The van der Waals surface area contributed by atoms with Gasteiger partial charge in [-0.05, 0) is 29.9 Å². The highest BCUT2D eigenvalue weighted by Gasteiger charge is 2.56. The van der Waals surface area contributed by atoms with Gasteiger partial charge in [0, 0.05) is 11.8 Å². The quantitative estimate of drug-likeness (QED) is 0.539. The van der Waals surface area contributed by atoms with Gasteiger partial charge in [-0.1, -0.05) is 13.0 Å². The van der Waals surface area contributed by atoms with Gasteiger partial charge >= 0.3 is 0 Å². The van der Waals surface area contributed by atoms with E-state index in [9.17, 15) is 4.39 Å². The van der Waals surface area contributed by atoms with E-state index in [-0.39, 0.29) is 11.7 Å². The lowest BCUT2D eigenvalue weighted by atomic mass is 9.81. The second-order valence-electron chi connectivity index (χ2n) is 3.87. The van der Waals surface area contributed by atoms with Gasteiger partial charge in [0.1, 0.15) is 5.83 Å². The summed E-state index contributed by atoms with van der Waals surface area (Å²) < 4.78 is 13.4. The third-order valence-corrected chi connectivity index (χ3v) is 3.36. The third-order valence-electron chi connectivity index (χ3n) is 3.36. The molecule has 0 aromatic rings. The Morgan fingerprint density at radius 3 is 3.18 bits per heavy atom. The minimum absolute atomic E-state index is 0.220. The summed E-state index contributed by atoms with van der Waals surface area (Å²) in [6, 6.07) is 0. The van der Waals surface area contributed by atoms with Crippen LogP contribution in [0.1, 0.15) is 19.8 Å². The molecular formula is C10H11F. The SMILES string of the molecule is CCC1C[C@@H]2C=C3C(=C1F)[C@H]32. The van der Waals surface area contributed by atoms with Crippen molar-refractivity contribution in [3.8, 4) is 0 Å². The smallest absolute Gasteiger partial charge is 0.107 e. The second kappa shape index (κ2) is 1.60. The van der Waals surface area contributed by atoms with Crippen LogP contribution in [0.15, 0.2) is 23.0 Å². The van der Waals surface area contributed by atoms with Crippen LogP contribution in [-0.4, -0.2) is 0 Å². The molecule has 3 rings (SSSR count). The Bertz CT molecular complexity index is 285. The maximum Gasteiger partial charge on any atom is 0.107 e. The van der Waals surface area contributed by atoms with Crippen molar-refractivity contribution in [1.29, 1.82) is 0 Å². The van der Waals surface area contributed by atoms with Crippen LogP contribution in [0, 0.1) is 17.8 Å². The summed E-state index contributed by atoms with van der Waals surface area (Å²) >= 11 is 0. The van der Waals surface area contributed by atoms with Crippen LogP contribution in [0.25, 0.3) is 0 Å². The van der Waals surface area contributed by atoms with Crippen molar-refractivity contribution in [2.24, 2.45) is 17.8 Å². The van der Waals surface area contributed by atoms with E-state index in [0.29, 0.717) is 5.92 Å². The van der Waals surface area contributed by atoms with Gasteiger partial charge < -0.3 is 0 Å². The minimum Gasteiger partial charge on any atom is -0.211 e. The van der Waals surface area contributed by atoms with Crippen molar-refractivity contribution in [3.05, 3.63) is 23.0 Å². The van der Waals surface area contributed by atoms with E-state index in [4.69, 9.17) is 0 Å².